The van der Waals surface area contributed by atoms with Gasteiger partial charge in [-0.2, -0.15) is 0 Å². The van der Waals surface area contributed by atoms with Gasteiger partial charge in [0, 0.05) is 12.0 Å². The van der Waals surface area contributed by atoms with Crippen LogP contribution in [0.1, 0.15) is 66.2 Å². The Morgan fingerprint density at radius 3 is 2.43 bits per heavy atom. The Kier molecular flexibility index (Phi) is 8.33. The molecule has 1 aliphatic rings. The molecule has 0 radical (unpaired) electrons. The average molecular weight is 293 g/mol. The fourth-order valence-electron chi connectivity index (χ4n) is 3.24. The van der Waals surface area contributed by atoms with Crippen LogP contribution in [0.15, 0.2) is 17.4 Å². The number of hydrogen-bond donors (Lipinski definition) is 1. The largest absolute Gasteiger partial charge is 0.330 e. The maximum Gasteiger partial charge on any atom is 0.00821 e. The molecule has 1 rings (SSSR count). The second kappa shape index (κ2) is 9.46. The molecule has 2 nitrogen and oxygen atoms in total. The summed E-state index contributed by atoms with van der Waals surface area (Å²) in [7, 11) is 0. The lowest BCUT2D eigenvalue weighted by atomic mass is 9.78. The van der Waals surface area contributed by atoms with E-state index in [-0.39, 0.29) is 0 Å². The minimum absolute atomic E-state index is 0.308. The molecule has 21 heavy (non-hydrogen) atoms. The molecule has 1 atom stereocenters. The van der Waals surface area contributed by atoms with Crippen molar-refractivity contribution < 1.29 is 0 Å². The van der Waals surface area contributed by atoms with Gasteiger partial charge in [-0.25, -0.2) is 0 Å². The Morgan fingerprint density at radius 2 is 1.95 bits per heavy atom. The molecule has 0 amide bonds. The topological polar surface area (TPSA) is 29.3 Å². The smallest absolute Gasteiger partial charge is 0.00821 e. The molecule has 0 spiro atoms. The van der Waals surface area contributed by atoms with E-state index in [1.54, 1.807) is 0 Å². The molecule has 1 aliphatic heterocycles. The van der Waals surface area contributed by atoms with Crippen molar-refractivity contribution in [1.29, 1.82) is 0 Å². The molecular formula is C19H36N2. The van der Waals surface area contributed by atoms with Gasteiger partial charge in [0.05, 0.1) is 0 Å². The highest BCUT2D eigenvalue weighted by Crippen LogP contribution is 2.33. The number of nitrogens with zero attached hydrogens (tertiary/aromatic N) is 1. The molecule has 2 heteroatoms. The summed E-state index contributed by atoms with van der Waals surface area (Å²) in [6, 6.07) is 0. The number of rotatable bonds is 8. The van der Waals surface area contributed by atoms with E-state index in [4.69, 9.17) is 5.73 Å². The molecule has 0 aromatic rings. The van der Waals surface area contributed by atoms with E-state index >= 15 is 0 Å². The van der Waals surface area contributed by atoms with Crippen LogP contribution in [0.25, 0.3) is 0 Å². The van der Waals surface area contributed by atoms with Gasteiger partial charge in [0.2, 0.25) is 0 Å². The summed E-state index contributed by atoms with van der Waals surface area (Å²) in [6.07, 6.45) is 10.0. The van der Waals surface area contributed by atoms with Gasteiger partial charge in [0.1, 0.15) is 0 Å². The van der Waals surface area contributed by atoms with Gasteiger partial charge in [0.25, 0.3) is 0 Å². The second-order valence-corrected chi connectivity index (χ2v) is 7.06. The number of nitrogens with two attached hydrogens (primary N) is 1. The fraction of sp³-hybridized carbons (Fsp3) is 0.842. The molecule has 122 valence electrons. The van der Waals surface area contributed by atoms with Gasteiger partial charge in [0.15, 0.2) is 0 Å². The summed E-state index contributed by atoms with van der Waals surface area (Å²) in [5.74, 6) is 0.751. The predicted octanol–water partition coefficient (Wildman–Crippen LogP) is 4.37. The van der Waals surface area contributed by atoms with Crippen LogP contribution in [-0.2, 0) is 0 Å². The monoisotopic (exact) mass is 292 g/mol. The fourth-order valence-corrected chi connectivity index (χ4v) is 3.24. The zero-order chi connectivity index (χ0) is 15.7. The van der Waals surface area contributed by atoms with Crippen molar-refractivity contribution in [3.05, 3.63) is 17.4 Å². The lowest BCUT2D eigenvalue weighted by Gasteiger charge is -2.39. The molecule has 0 bridgehead atoms. The first-order valence-corrected chi connectivity index (χ1v) is 8.88. The summed E-state index contributed by atoms with van der Waals surface area (Å²) in [5, 5.41) is 0. The molecular weight excluding hydrogens is 256 g/mol. The third kappa shape index (κ3) is 6.38. The standard InChI is InChI=1S/C19H36N2/c1-5-7-11-19(6-2,12-8-17(3)4)16-21-13-9-18(15-20)10-14-21/h12,18H,5-7,9-11,13-16,20H2,1-4H3/t19-/m0/s1. The first-order chi connectivity index (χ1) is 10.0. The molecule has 1 saturated heterocycles. The average Bonchev–Trinajstić information content (AvgIpc) is 2.51. The number of hydrogen-bond acceptors (Lipinski definition) is 2. The zero-order valence-electron chi connectivity index (χ0n) is 14.8. The minimum atomic E-state index is 0.308. The molecule has 0 aliphatic carbocycles. The van der Waals surface area contributed by atoms with Crippen molar-refractivity contribution in [1.82, 2.24) is 4.90 Å². The van der Waals surface area contributed by atoms with E-state index < -0.39 is 0 Å². The molecule has 0 unspecified atom stereocenters. The highest BCUT2D eigenvalue weighted by Gasteiger charge is 2.29. The van der Waals surface area contributed by atoms with Crippen LogP contribution in [0.4, 0.5) is 0 Å². The van der Waals surface area contributed by atoms with E-state index in [1.165, 1.54) is 63.7 Å². The van der Waals surface area contributed by atoms with Crippen molar-refractivity contribution in [3.63, 3.8) is 0 Å². The van der Waals surface area contributed by atoms with Gasteiger partial charge in [-0.05, 0) is 76.7 Å². The Hall–Kier alpha value is -0.560. The van der Waals surface area contributed by atoms with Gasteiger partial charge in [-0.1, -0.05) is 26.7 Å². The van der Waals surface area contributed by atoms with Crippen LogP contribution in [0.3, 0.4) is 0 Å². The predicted molar refractivity (Wildman–Crippen MR) is 93.4 cm³/mol. The van der Waals surface area contributed by atoms with Gasteiger partial charge in [-0.3, -0.25) is 0 Å². The Morgan fingerprint density at radius 1 is 1.29 bits per heavy atom. The summed E-state index contributed by atoms with van der Waals surface area (Å²) in [5.41, 5.74) is 10.9. The lowest BCUT2D eigenvalue weighted by molar-refractivity contribution is 0.126. The van der Waals surface area contributed by atoms with E-state index in [0.717, 1.165) is 12.5 Å². The van der Waals surface area contributed by atoms with Gasteiger partial charge < -0.3 is 10.6 Å². The van der Waals surface area contributed by atoms with Crippen molar-refractivity contribution in [3.8, 4) is 0 Å². The third-order valence-corrected chi connectivity index (χ3v) is 4.98. The summed E-state index contributed by atoms with van der Waals surface area (Å²) < 4.78 is 0. The second-order valence-electron chi connectivity index (χ2n) is 7.06. The quantitative estimate of drug-likeness (QED) is 0.673. The van der Waals surface area contributed by atoms with Crippen molar-refractivity contribution in [2.24, 2.45) is 17.1 Å². The lowest BCUT2D eigenvalue weighted by Crippen LogP contribution is -2.42. The van der Waals surface area contributed by atoms with Gasteiger partial charge >= 0.3 is 0 Å². The number of piperidine rings is 1. The zero-order valence-corrected chi connectivity index (χ0v) is 14.8. The van der Waals surface area contributed by atoms with E-state index in [1.807, 2.05) is 0 Å². The summed E-state index contributed by atoms with van der Waals surface area (Å²) >= 11 is 0. The summed E-state index contributed by atoms with van der Waals surface area (Å²) in [4.78, 5) is 2.66. The molecule has 2 N–H and O–H groups in total. The molecule has 0 aromatic heterocycles. The Bertz CT molecular complexity index is 343. The highest BCUT2D eigenvalue weighted by atomic mass is 15.1. The van der Waals surface area contributed by atoms with Crippen LogP contribution in [0.2, 0.25) is 0 Å². The molecule has 1 fully saturated rings. The SMILES string of the molecule is CCCC[C@](C=C=C(C)C)(CC)CN1CCC(CN)CC1. The maximum atomic E-state index is 5.81. The Labute approximate surface area is 132 Å². The highest BCUT2D eigenvalue weighted by molar-refractivity contribution is 5.04. The van der Waals surface area contributed by atoms with Crippen LogP contribution >= 0.6 is 0 Å². The first-order valence-electron chi connectivity index (χ1n) is 8.88. The van der Waals surface area contributed by atoms with Crippen molar-refractivity contribution in [2.45, 2.75) is 66.2 Å². The molecule has 1 heterocycles. The molecule has 0 saturated carbocycles. The van der Waals surface area contributed by atoms with Crippen LogP contribution in [-0.4, -0.2) is 31.1 Å². The number of likely N-dealkylation sites (tertiary alicyclic amines) is 1. The first kappa shape index (κ1) is 18.5. The summed E-state index contributed by atoms with van der Waals surface area (Å²) in [6.45, 7) is 13.4. The number of unbranched alkanes of at least 4 members (excludes halogenated alkanes) is 1. The van der Waals surface area contributed by atoms with Crippen LogP contribution in [0.5, 0.6) is 0 Å². The van der Waals surface area contributed by atoms with E-state index in [9.17, 15) is 0 Å². The molecule has 0 aromatic carbocycles. The van der Waals surface area contributed by atoms with Crippen LogP contribution in [0, 0.1) is 11.3 Å². The van der Waals surface area contributed by atoms with Crippen molar-refractivity contribution >= 4 is 0 Å². The maximum absolute atomic E-state index is 5.81. The normalized spacial score (nSPS) is 19.9. The van der Waals surface area contributed by atoms with Crippen molar-refractivity contribution in [2.75, 3.05) is 26.2 Å². The van der Waals surface area contributed by atoms with Crippen LogP contribution < -0.4 is 5.73 Å². The van der Waals surface area contributed by atoms with Gasteiger partial charge in [-0.15, -0.1) is 5.73 Å². The third-order valence-electron chi connectivity index (χ3n) is 4.98. The Balaban J connectivity index is 2.74. The van der Waals surface area contributed by atoms with E-state index in [2.05, 4.69) is 44.4 Å². The van der Waals surface area contributed by atoms with E-state index in [0.29, 0.717) is 5.41 Å². The minimum Gasteiger partial charge on any atom is -0.330 e.